The Morgan fingerprint density at radius 2 is 1.68 bits per heavy atom. The van der Waals surface area contributed by atoms with E-state index >= 15 is 0 Å². The first-order valence-corrected chi connectivity index (χ1v) is 14.5. The molecule has 0 bridgehead atoms. The lowest BCUT2D eigenvalue weighted by atomic mass is 10.0. The largest absolute Gasteiger partial charge is 0.347 e. The molecule has 3 aromatic carbocycles. The highest BCUT2D eigenvalue weighted by molar-refractivity contribution is 7.17. The first-order valence-electron chi connectivity index (χ1n) is 13.6. The van der Waals surface area contributed by atoms with Gasteiger partial charge in [0.25, 0.3) is 0 Å². The Balaban J connectivity index is 0.00000264. The number of nitrogens with two attached hydrogens (primary N) is 1. The summed E-state index contributed by atoms with van der Waals surface area (Å²) in [5, 5.41) is 10.8. The molecular formula is C32H36Cl2N6O3S. The molecule has 44 heavy (non-hydrogen) atoms. The van der Waals surface area contributed by atoms with Gasteiger partial charge in [0.15, 0.2) is 5.82 Å². The molecule has 3 amide bonds. The van der Waals surface area contributed by atoms with E-state index in [1.54, 1.807) is 50.0 Å². The summed E-state index contributed by atoms with van der Waals surface area (Å²) in [7, 11) is 3.41. The van der Waals surface area contributed by atoms with Crippen LogP contribution in [0.5, 0.6) is 0 Å². The Hall–Kier alpha value is -3.96. The Morgan fingerprint density at radius 3 is 2.39 bits per heavy atom. The number of hydrogen-bond donors (Lipinski definition) is 3. The van der Waals surface area contributed by atoms with Gasteiger partial charge in [-0.05, 0) is 58.6 Å². The van der Waals surface area contributed by atoms with Crippen LogP contribution in [0.3, 0.4) is 0 Å². The molecule has 2 atom stereocenters. The summed E-state index contributed by atoms with van der Waals surface area (Å²) < 4.78 is 2.78. The molecule has 5 rings (SSSR count). The van der Waals surface area contributed by atoms with Gasteiger partial charge in [0.05, 0.1) is 11.9 Å². The predicted molar refractivity (Wildman–Crippen MR) is 182 cm³/mol. The van der Waals surface area contributed by atoms with Crippen molar-refractivity contribution in [2.24, 2.45) is 5.73 Å². The van der Waals surface area contributed by atoms with Crippen LogP contribution >= 0.6 is 36.2 Å². The standard InChI is InChI=1S/C32H34N6O3S.2ClH/c1-32(2,33)31(41)35-25(16-23-18-42-26-12-8-7-11-24(23)26)29(39)36-27-17-38(19-34-27)28(30(40)37(3)4)22-14-13-20-9-5-6-10-21(20)15-22;;/h5-15,17-19,25,28H,16,33H2,1-4H3,(H,35,41)(H,36,39);2*1H/t25-,28?;;/m1../s1. The van der Waals surface area contributed by atoms with Crippen molar-refractivity contribution < 1.29 is 14.4 Å². The molecule has 9 nitrogen and oxygen atoms in total. The molecule has 0 radical (unpaired) electrons. The van der Waals surface area contributed by atoms with Gasteiger partial charge < -0.3 is 25.8 Å². The topological polar surface area (TPSA) is 122 Å². The number of likely N-dealkylation sites (N-methyl/N-ethyl adjacent to an activating group) is 1. The Morgan fingerprint density at radius 1 is 1.00 bits per heavy atom. The molecule has 12 heteroatoms. The number of imidazole rings is 1. The number of thiophene rings is 1. The minimum Gasteiger partial charge on any atom is -0.347 e. The summed E-state index contributed by atoms with van der Waals surface area (Å²) in [6.45, 7) is 3.18. The van der Waals surface area contributed by atoms with Gasteiger partial charge in [-0.1, -0.05) is 54.6 Å². The number of amides is 3. The second-order valence-electron chi connectivity index (χ2n) is 11.1. The van der Waals surface area contributed by atoms with Crippen LogP contribution in [-0.4, -0.2) is 57.8 Å². The summed E-state index contributed by atoms with van der Waals surface area (Å²) in [6.07, 6.45) is 3.43. The van der Waals surface area contributed by atoms with Gasteiger partial charge in [0.2, 0.25) is 17.7 Å². The summed E-state index contributed by atoms with van der Waals surface area (Å²) >= 11 is 1.59. The summed E-state index contributed by atoms with van der Waals surface area (Å²) in [6, 6.07) is 20.2. The van der Waals surface area contributed by atoms with Gasteiger partial charge >= 0.3 is 0 Å². The quantitative estimate of drug-likeness (QED) is 0.202. The molecule has 0 aliphatic carbocycles. The van der Waals surface area contributed by atoms with Crippen molar-refractivity contribution in [3.05, 3.63) is 95.8 Å². The lowest BCUT2D eigenvalue weighted by Gasteiger charge is -2.24. The number of aromatic nitrogens is 2. The highest BCUT2D eigenvalue weighted by Gasteiger charge is 2.30. The summed E-state index contributed by atoms with van der Waals surface area (Å²) in [5.74, 6) is -0.756. The minimum absolute atomic E-state index is 0. The number of carbonyl (C=O) groups excluding carboxylic acids is 3. The maximum atomic E-state index is 13.6. The van der Waals surface area contributed by atoms with Gasteiger partial charge in [0, 0.05) is 31.4 Å². The molecule has 5 aromatic rings. The third-order valence-electron chi connectivity index (χ3n) is 7.11. The van der Waals surface area contributed by atoms with Crippen LogP contribution in [0, 0.1) is 0 Å². The van der Waals surface area contributed by atoms with Crippen molar-refractivity contribution in [3.8, 4) is 0 Å². The molecule has 0 fully saturated rings. The fourth-order valence-corrected chi connectivity index (χ4v) is 5.76. The molecule has 2 heterocycles. The average molecular weight is 656 g/mol. The SMILES string of the molecule is CN(C)C(=O)C(c1ccc2ccccc2c1)n1cnc(NC(=O)[C@@H](Cc2csc3ccccc23)NC(=O)C(C)(C)N)c1.Cl.Cl. The molecule has 0 aliphatic rings. The zero-order valence-electron chi connectivity index (χ0n) is 24.8. The highest BCUT2D eigenvalue weighted by Crippen LogP contribution is 2.28. The number of nitrogens with zero attached hydrogens (tertiary/aromatic N) is 3. The van der Waals surface area contributed by atoms with Crippen molar-refractivity contribution in [3.63, 3.8) is 0 Å². The van der Waals surface area contributed by atoms with E-state index in [1.807, 2.05) is 72.1 Å². The minimum atomic E-state index is -1.17. The third kappa shape index (κ3) is 7.57. The molecule has 2 aromatic heterocycles. The zero-order valence-corrected chi connectivity index (χ0v) is 27.3. The van der Waals surface area contributed by atoms with E-state index < -0.39 is 29.4 Å². The molecular weight excluding hydrogens is 619 g/mol. The number of halogens is 2. The van der Waals surface area contributed by atoms with Crippen LogP contribution < -0.4 is 16.4 Å². The fraction of sp³-hybridized carbons (Fsp3) is 0.250. The normalized spacial score (nSPS) is 12.5. The maximum Gasteiger partial charge on any atom is 0.249 e. The van der Waals surface area contributed by atoms with Gasteiger partial charge in [-0.25, -0.2) is 4.98 Å². The van der Waals surface area contributed by atoms with E-state index in [1.165, 1.54) is 11.2 Å². The number of fused-ring (bicyclic) bond motifs is 2. The van der Waals surface area contributed by atoms with E-state index in [0.29, 0.717) is 0 Å². The summed E-state index contributed by atoms with van der Waals surface area (Å²) in [5.41, 5.74) is 6.60. The first-order chi connectivity index (χ1) is 20.0. The fourth-order valence-electron chi connectivity index (χ4n) is 4.78. The molecule has 0 spiro atoms. The van der Waals surface area contributed by atoms with E-state index in [-0.39, 0.29) is 43.0 Å². The van der Waals surface area contributed by atoms with Gasteiger partial charge in [-0.15, -0.1) is 36.2 Å². The number of hydrogen-bond acceptors (Lipinski definition) is 6. The molecule has 4 N–H and O–H groups in total. The second kappa shape index (κ2) is 14.2. The van der Waals surface area contributed by atoms with Gasteiger partial charge in [-0.3, -0.25) is 14.4 Å². The van der Waals surface area contributed by atoms with E-state index in [4.69, 9.17) is 5.73 Å². The molecule has 0 aliphatic heterocycles. The van der Waals surface area contributed by atoms with E-state index in [9.17, 15) is 14.4 Å². The molecule has 0 saturated heterocycles. The van der Waals surface area contributed by atoms with Crippen LogP contribution in [0.4, 0.5) is 5.82 Å². The smallest absolute Gasteiger partial charge is 0.249 e. The summed E-state index contributed by atoms with van der Waals surface area (Å²) in [4.78, 5) is 45.7. The van der Waals surface area contributed by atoms with Crippen LogP contribution in [0.2, 0.25) is 0 Å². The van der Waals surface area contributed by atoms with Crippen molar-refractivity contribution in [1.82, 2.24) is 19.8 Å². The highest BCUT2D eigenvalue weighted by atomic mass is 35.5. The van der Waals surface area contributed by atoms with Gasteiger partial charge in [0.1, 0.15) is 12.1 Å². The lowest BCUT2D eigenvalue weighted by molar-refractivity contribution is -0.131. The second-order valence-corrected chi connectivity index (χ2v) is 12.1. The van der Waals surface area contributed by atoms with E-state index in [2.05, 4.69) is 15.6 Å². The Kier molecular flexibility index (Phi) is 11.2. The lowest BCUT2D eigenvalue weighted by Crippen LogP contribution is -2.55. The average Bonchev–Trinajstić information content (AvgIpc) is 3.59. The van der Waals surface area contributed by atoms with Crippen LogP contribution in [-0.2, 0) is 20.8 Å². The number of rotatable bonds is 9. The maximum absolute atomic E-state index is 13.6. The predicted octanol–water partition coefficient (Wildman–Crippen LogP) is 5.18. The van der Waals surface area contributed by atoms with Crippen molar-refractivity contribution in [2.75, 3.05) is 19.4 Å². The molecule has 232 valence electrons. The number of nitrogens with one attached hydrogen (secondary N) is 2. The van der Waals surface area contributed by atoms with Gasteiger partial charge in [-0.2, -0.15) is 0 Å². The third-order valence-corrected chi connectivity index (χ3v) is 8.12. The van der Waals surface area contributed by atoms with Crippen LogP contribution in [0.15, 0.2) is 84.6 Å². The molecule has 0 saturated carbocycles. The molecule has 1 unspecified atom stereocenters. The Labute approximate surface area is 272 Å². The van der Waals surface area contributed by atoms with Crippen LogP contribution in [0.25, 0.3) is 20.9 Å². The van der Waals surface area contributed by atoms with Crippen LogP contribution in [0.1, 0.15) is 31.0 Å². The monoisotopic (exact) mass is 654 g/mol. The van der Waals surface area contributed by atoms with Crippen molar-refractivity contribution in [2.45, 2.75) is 37.9 Å². The number of carbonyl (C=O) groups is 3. The number of anilines is 1. The zero-order chi connectivity index (χ0) is 30.0. The number of benzene rings is 3. The Bertz CT molecular complexity index is 1780. The van der Waals surface area contributed by atoms with E-state index in [0.717, 1.165) is 32.0 Å². The van der Waals surface area contributed by atoms with Crippen molar-refractivity contribution >= 4 is 80.5 Å². The van der Waals surface area contributed by atoms with Crippen molar-refractivity contribution in [1.29, 1.82) is 0 Å². The first kappa shape index (κ1) is 34.5.